The minimum absolute atomic E-state index is 0.0447. The van der Waals surface area contributed by atoms with Crippen molar-refractivity contribution in [1.82, 2.24) is 9.97 Å². The Morgan fingerprint density at radius 1 is 1.50 bits per heavy atom. The number of aromatic amines is 1. The van der Waals surface area contributed by atoms with Gasteiger partial charge in [0, 0.05) is 12.6 Å². The maximum atomic E-state index is 12.1. The molecule has 1 atom stereocenters. The first-order valence-corrected chi connectivity index (χ1v) is 7.51. The summed E-state index contributed by atoms with van der Waals surface area (Å²) in [6.45, 7) is 1.97. The SMILES string of the molecule is CC1CC=NN1c1ncc(NC(=O)Cc2cccc(O)c2)c(=O)[nH]1. The van der Waals surface area contributed by atoms with Crippen molar-refractivity contribution < 1.29 is 9.90 Å². The van der Waals surface area contributed by atoms with Gasteiger partial charge in [0.15, 0.2) is 0 Å². The normalized spacial score (nSPS) is 16.4. The van der Waals surface area contributed by atoms with E-state index in [4.69, 9.17) is 0 Å². The molecule has 0 spiro atoms. The van der Waals surface area contributed by atoms with Gasteiger partial charge in [-0.3, -0.25) is 14.6 Å². The summed E-state index contributed by atoms with van der Waals surface area (Å²) in [4.78, 5) is 30.9. The third-order valence-corrected chi connectivity index (χ3v) is 3.62. The van der Waals surface area contributed by atoms with Crippen LogP contribution in [0, 0.1) is 0 Å². The van der Waals surface area contributed by atoms with Crippen LogP contribution in [0.5, 0.6) is 5.75 Å². The molecular weight excluding hydrogens is 310 g/mol. The van der Waals surface area contributed by atoms with E-state index < -0.39 is 5.56 Å². The lowest BCUT2D eigenvalue weighted by atomic mass is 10.1. The predicted octanol–water partition coefficient (Wildman–Crippen LogP) is 1.24. The summed E-state index contributed by atoms with van der Waals surface area (Å²) in [5.74, 6) is 0.0601. The van der Waals surface area contributed by atoms with Gasteiger partial charge in [-0.2, -0.15) is 5.10 Å². The number of nitrogens with one attached hydrogen (secondary N) is 2. The van der Waals surface area contributed by atoms with Gasteiger partial charge in [0.05, 0.1) is 18.7 Å². The van der Waals surface area contributed by atoms with E-state index in [0.29, 0.717) is 11.5 Å². The lowest BCUT2D eigenvalue weighted by Gasteiger charge is -2.18. The number of hydrazone groups is 1. The molecule has 8 nitrogen and oxygen atoms in total. The zero-order valence-electron chi connectivity index (χ0n) is 13.1. The Labute approximate surface area is 137 Å². The Morgan fingerprint density at radius 3 is 3.00 bits per heavy atom. The summed E-state index contributed by atoms with van der Waals surface area (Å²) in [7, 11) is 0. The van der Waals surface area contributed by atoms with Crippen molar-refractivity contribution in [3.8, 4) is 5.75 Å². The van der Waals surface area contributed by atoms with Crippen LogP contribution in [-0.4, -0.2) is 33.2 Å². The first kappa shape index (κ1) is 15.7. The van der Waals surface area contributed by atoms with Gasteiger partial charge < -0.3 is 10.4 Å². The van der Waals surface area contributed by atoms with Crippen molar-refractivity contribution in [1.29, 1.82) is 0 Å². The molecule has 24 heavy (non-hydrogen) atoms. The molecule has 1 amide bonds. The van der Waals surface area contributed by atoms with E-state index >= 15 is 0 Å². The Hall–Kier alpha value is -3.16. The standard InChI is InChI=1S/C16H17N5O3/c1-10-5-6-18-21(10)16-17-9-13(15(24)20-16)19-14(23)8-11-3-2-4-12(22)7-11/h2-4,6-7,9-10,22H,5,8H2,1H3,(H,19,23)(H,17,20,24). The molecule has 124 valence electrons. The quantitative estimate of drug-likeness (QED) is 0.782. The summed E-state index contributed by atoms with van der Waals surface area (Å²) in [6, 6.07) is 6.52. The maximum Gasteiger partial charge on any atom is 0.276 e. The number of benzene rings is 1. The number of amides is 1. The van der Waals surface area contributed by atoms with Crippen LogP contribution >= 0.6 is 0 Å². The molecular formula is C16H17N5O3. The largest absolute Gasteiger partial charge is 0.508 e. The van der Waals surface area contributed by atoms with Crippen LogP contribution in [0.2, 0.25) is 0 Å². The Bertz CT molecular complexity index is 846. The second-order valence-corrected chi connectivity index (χ2v) is 5.57. The number of rotatable bonds is 4. The Morgan fingerprint density at radius 2 is 2.33 bits per heavy atom. The van der Waals surface area contributed by atoms with Crippen molar-refractivity contribution in [3.05, 3.63) is 46.4 Å². The molecule has 3 rings (SSSR count). The number of hydrogen-bond acceptors (Lipinski definition) is 6. The fraction of sp³-hybridized carbons (Fsp3) is 0.250. The van der Waals surface area contributed by atoms with Crippen molar-refractivity contribution in [2.45, 2.75) is 25.8 Å². The number of aromatic hydroxyl groups is 1. The molecule has 8 heteroatoms. The topological polar surface area (TPSA) is 111 Å². The van der Waals surface area contributed by atoms with E-state index in [2.05, 4.69) is 20.4 Å². The predicted molar refractivity (Wildman–Crippen MR) is 90.3 cm³/mol. The van der Waals surface area contributed by atoms with E-state index in [1.54, 1.807) is 23.4 Å². The van der Waals surface area contributed by atoms with Gasteiger partial charge in [0.1, 0.15) is 11.4 Å². The molecule has 0 bridgehead atoms. The van der Waals surface area contributed by atoms with E-state index in [0.717, 1.165) is 6.42 Å². The van der Waals surface area contributed by atoms with Crippen LogP contribution in [0.3, 0.4) is 0 Å². The molecule has 0 fully saturated rings. The van der Waals surface area contributed by atoms with Crippen LogP contribution in [-0.2, 0) is 11.2 Å². The molecule has 0 saturated heterocycles. The number of phenolic OH excluding ortho intramolecular Hbond substituents is 1. The molecule has 1 unspecified atom stereocenters. The molecule has 0 radical (unpaired) electrons. The van der Waals surface area contributed by atoms with Crippen molar-refractivity contribution >= 4 is 23.8 Å². The first-order chi connectivity index (χ1) is 11.5. The molecule has 1 aromatic heterocycles. The third kappa shape index (κ3) is 3.43. The molecule has 2 heterocycles. The number of phenols is 1. The van der Waals surface area contributed by atoms with Crippen LogP contribution in [0.4, 0.5) is 11.6 Å². The monoisotopic (exact) mass is 327 g/mol. The second-order valence-electron chi connectivity index (χ2n) is 5.57. The number of aromatic nitrogens is 2. The van der Waals surface area contributed by atoms with Gasteiger partial charge in [0.2, 0.25) is 11.9 Å². The van der Waals surface area contributed by atoms with E-state index in [1.165, 1.54) is 18.3 Å². The molecule has 0 saturated carbocycles. The Balaban J connectivity index is 1.70. The van der Waals surface area contributed by atoms with Gasteiger partial charge in [-0.1, -0.05) is 12.1 Å². The molecule has 0 aliphatic carbocycles. The van der Waals surface area contributed by atoms with E-state index in [9.17, 15) is 14.7 Å². The van der Waals surface area contributed by atoms with Crippen LogP contribution in [0.1, 0.15) is 18.9 Å². The van der Waals surface area contributed by atoms with Gasteiger partial charge >= 0.3 is 0 Å². The summed E-state index contributed by atoms with van der Waals surface area (Å²) in [6.07, 6.45) is 3.90. The smallest absolute Gasteiger partial charge is 0.276 e. The number of carbonyl (C=O) groups is 1. The highest BCUT2D eigenvalue weighted by Crippen LogP contribution is 2.17. The zero-order valence-corrected chi connectivity index (χ0v) is 13.1. The second kappa shape index (κ2) is 6.53. The molecule has 2 aromatic rings. The average Bonchev–Trinajstić information content (AvgIpc) is 2.95. The van der Waals surface area contributed by atoms with Gasteiger partial charge in [0.25, 0.3) is 5.56 Å². The average molecular weight is 327 g/mol. The summed E-state index contributed by atoms with van der Waals surface area (Å²) >= 11 is 0. The highest BCUT2D eigenvalue weighted by Gasteiger charge is 2.20. The lowest BCUT2D eigenvalue weighted by Crippen LogP contribution is -2.28. The number of nitrogens with zero attached hydrogens (tertiary/aromatic N) is 3. The lowest BCUT2D eigenvalue weighted by molar-refractivity contribution is -0.115. The number of hydrogen-bond donors (Lipinski definition) is 3. The summed E-state index contributed by atoms with van der Waals surface area (Å²) in [5, 5.41) is 17.7. The van der Waals surface area contributed by atoms with Gasteiger partial charge in [-0.25, -0.2) is 9.99 Å². The van der Waals surface area contributed by atoms with Crippen molar-refractivity contribution in [2.75, 3.05) is 10.3 Å². The molecule has 3 N–H and O–H groups in total. The van der Waals surface area contributed by atoms with Crippen LogP contribution < -0.4 is 15.9 Å². The van der Waals surface area contributed by atoms with Crippen LogP contribution in [0.25, 0.3) is 0 Å². The van der Waals surface area contributed by atoms with E-state index in [1.807, 2.05) is 6.92 Å². The fourth-order valence-electron chi connectivity index (χ4n) is 2.40. The summed E-state index contributed by atoms with van der Waals surface area (Å²) < 4.78 is 0. The fourth-order valence-corrected chi connectivity index (χ4v) is 2.40. The maximum absolute atomic E-state index is 12.1. The Kier molecular flexibility index (Phi) is 4.28. The van der Waals surface area contributed by atoms with Gasteiger partial charge in [-0.05, 0) is 24.6 Å². The van der Waals surface area contributed by atoms with Gasteiger partial charge in [-0.15, -0.1) is 0 Å². The first-order valence-electron chi connectivity index (χ1n) is 7.51. The third-order valence-electron chi connectivity index (χ3n) is 3.62. The van der Waals surface area contributed by atoms with Crippen molar-refractivity contribution in [2.24, 2.45) is 5.10 Å². The molecule has 1 aliphatic heterocycles. The molecule has 1 aromatic carbocycles. The number of H-pyrrole nitrogens is 1. The van der Waals surface area contributed by atoms with Crippen LogP contribution in [0.15, 0.2) is 40.4 Å². The highest BCUT2D eigenvalue weighted by atomic mass is 16.3. The number of carbonyl (C=O) groups excluding carboxylic acids is 1. The highest BCUT2D eigenvalue weighted by molar-refractivity contribution is 5.92. The zero-order chi connectivity index (χ0) is 17.1. The minimum Gasteiger partial charge on any atom is -0.508 e. The van der Waals surface area contributed by atoms with E-state index in [-0.39, 0.29) is 29.8 Å². The minimum atomic E-state index is -0.446. The number of anilines is 2. The summed E-state index contributed by atoms with van der Waals surface area (Å²) in [5.41, 5.74) is 0.270. The van der Waals surface area contributed by atoms with Crippen molar-refractivity contribution in [3.63, 3.8) is 0 Å². The molecule has 1 aliphatic rings.